The van der Waals surface area contributed by atoms with Gasteiger partial charge in [0.15, 0.2) is 0 Å². The topological polar surface area (TPSA) is 44.8 Å². The van der Waals surface area contributed by atoms with Crippen molar-refractivity contribution in [1.82, 2.24) is 10.2 Å². The molecule has 28 heavy (non-hydrogen) atoms. The molecule has 2 amide bonds. The number of nitrogens with zero attached hydrogens (tertiary/aromatic N) is 2. The first-order valence-corrected chi connectivity index (χ1v) is 9.84. The molecule has 148 valence electrons. The molecule has 0 saturated carbocycles. The maximum absolute atomic E-state index is 13.4. The summed E-state index contributed by atoms with van der Waals surface area (Å²) in [5.41, 5.74) is 2.97. The van der Waals surface area contributed by atoms with Crippen molar-refractivity contribution in [2.24, 2.45) is 0 Å². The van der Waals surface area contributed by atoms with Gasteiger partial charge in [-0.05, 0) is 60.7 Å². The predicted octanol–water partition coefficient (Wildman–Crippen LogP) is 3.57. The van der Waals surface area contributed by atoms with Crippen molar-refractivity contribution in [1.29, 1.82) is 0 Å². The molecule has 1 fully saturated rings. The molecule has 2 aliphatic rings. The van der Waals surface area contributed by atoms with Crippen LogP contribution in [0.1, 0.15) is 24.0 Å². The average molecular weight is 383 g/mol. The van der Waals surface area contributed by atoms with Crippen LogP contribution in [0, 0.1) is 5.82 Å². The number of hydrogen-bond acceptors (Lipinski definition) is 3. The van der Waals surface area contributed by atoms with Crippen molar-refractivity contribution in [2.45, 2.75) is 31.8 Å². The second-order valence-corrected chi connectivity index (χ2v) is 7.53. The number of benzene rings is 2. The quantitative estimate of drug-likeness (QED) is 0.878. The van der Waals surface area contributed by atoms with Crippen LogP contribution in [0.2, 0.25) is 0 Å². The molecular weight excluding hydrogens is 357 g/mol. The third-order valence-electron chi connectivity index (χ3n) is 5.64. The summed E-state index contributed by atoms with van der Waals surface area (Å²) in [5.74, 6) is 0.634. The van der Waals surface area contributed by atoms with E-state index in [1.165, 1.54) is 17.7 Å². The number of piperidine rings is 1. The van der Waals surface area contributed by atoms with Gasteiger partial charge in [0, 0.05) is 37.9 Å². The third kappa shape index (κ3) is 4.12. The number of anilines is 1. The molecule has 1 N–H and O–H groups in total. The van der Waals surface area contributed by atoms with E-state index in [2.05, 4.69) is 22.3 Å². The molecular formula is C22H26FN3O2. The highest BCUT2D eigenvalue weighted by Crippen LogP contribution is 2.28. The number of likely N-dealkylation sites (tertiary alicyclic amines) is 1. The van der Waals surface area contributed by atoms with E-state index in [-0.39, 0.29) is 17.9 Å². The number of fused-ring (bicyclic) bond motifs is 1. The van der Waals surface area contributed by atoms with Gasteiger partial charge >= 0.3 is 6.03 Å². The summed E-state index contributed by atoms with van der Waals surface area (Å²) < 4.78 is 18.7. The van der Waals surface area contributed by atoms with Crippen LogP contribution in [-0.4, -0.2) is 43.7 Å². The van der Waals surface area contributed by atoms with Gasteiger partial charge in [0.1, 0.15) is 11.6 Å². The monoisotopic (exact) mass is 383 g/mol. The number of amides is 2. The Morgan fingerprint density at radius 3 is 2.79 bits per heavy atom. The standard InChI is InChI=1S/C22H26FN3O2/c1-28-20-4-2-3-16(13-20)15-25-10-8-19(9-11-25)24-22(27)26-12-7-17-14-18(23)5-6-21(17)26/h2-6,13-14,19H,7-12,15H2,1H3,(H,24,27). The number of carbonyl (C=O) groups is 1. The van der Waals surface area contributed by atoms with Crippen LogP contribution < -0.4 is 15.0 Å². The normalized spacial score (nSPS) is 17.4. The number of ether oxygens (including phenoxy) is 1. The van der Waals surface area contributed by atoms with E-state index in [9.17, 15) is 9.18 Å². The minimum atomic E-state index is -0.246. The largest absolute Gasteiger partial charge is 0.497 e. The van der Waals surface area contributed by atoms with Gasteiger partial charge in [0.2, 0.25) is 0 Å². The molecule has 0 spiro atoms. The summed E-state index contributed by atoms with van der Waals surface area (Å²) in [6, 6.07) is 12.9. The number of nitrogens with one attached hydrogen (secondary N) is 1. The van der Waals surface area contributed by atoms with Crippen LogP contribution in [0.5, 0.6) is 5.75 Å². The van der Waals surface area contributed by atoms with Gasteiger partial charge in [-0.1, -0.05) is 12.1 Å². The highest BCUT2D eigenvalue weighted by molar-refractivity contribution is 5.94. The van der Waals surface area contributed by atoms with Gasteiger partial charge in [-0.3, -0.25) is 9.80 Å². The molecule has 0 radical (unpaired) electrons. The van der Waals surface area contributed by atoms with Crippen molar-refractivity contribution >= 4 is 11.7 Å². The zero-order valence-corrected chi connectivity index (χ0v) is 16.2. The second kappa shape index (κ2) is 8.19. The Kier molecular flexibility index (Phi) is 5.48. The van der Waals surface area contributed by atoms with Crippen LogP contribution >= 0.6 is 0 Å². The number of methoxy groups -OCH3 is 1. The molecule has 4 rings (SSSR count). The van der Waals surface area contributed by atoms with Crippen molar-refractivity contribution in [2.75, 3.05) is 31.6 Å². The number of hydrogen-bond donors (Lipinski definition) is 1. The van der Waals surface area contributed by atoms with Gasteiger partial charge in [0.25, 0.3) is 0 Å². The predicted molar refractivity (Wildman–Crippen MR) is 107 cm³/mol. The fourth-order valence-corrected chi connectivity index (χ4v) is 4.10. The van der Waals surface area contributed by atoms with Crippen LogP contribution in [0.25, 0.3) is 0 Å². The van der Waals surface area contributed by atoms with E-state index in [0.717, 1.165) is 49.5 Å². The van der Waals surface area contributed by atoms with Gasteiger partial charge in [-0.15, -0.1) is 0 Å². The summed E-state index contributed by atoms with van der Waals surface area (Å²) in [5, 5.41) is 3.17. The van der Waals surface area contributed by atoms with Crippen LogP contribution in [-0.2, 0) is 13.0 Å². The van der Waals surface area contributed by atoms with Crippen molar-refractivity contribution in [3.05, 3.63) is 59.4 Å². The molecule has 0 aromatic heterocycles. The number of carbonyl (C=O) groups excluding carboxylic acids is 1. The lowest BCUT2D eigenvalue weighted by atomic mass is 10.0. The maximum Gasteiger partial charge on any atom is 0.322 e. The Balaban J connectivity index is 1.28. The highest BCUT2D eigenvalue weighted by atomic mass is 19.1. The number of halogens is 1. The molecule has 2 heterocycles. The van der Waals surface area contributed by atoms with E-state index < -0.39 is 0 Å². The summed E-state index contributed by atoms with van der Waals surface area (Å²) in [4.78, 5) is 16.8. The first-order valence-electron chi connectivity index (χ1n) is 9.84. The van der Waals surface area contributed by atoms with Gasteiger partial charge in [0.05, 0.1) is 7.11 Å². The second-order valence-electron chi connectivity index (χ2n) is 7.53. The zero-order chi connectivity index (χ0) is 19.5. The van der Waals surface area contributed by atoms with Crippen molar-refractivity contribution < 1.29 is 13.9 Å². The number of urea groups is 1. The lowest BCUT2D eigenvalue weighted by Crippen LogP contribution is -2.48. The summed E-state index contributed by atoms with van der Waals surface area (Å²) >= 11 is 0. The fraction of sp³-hybridized carbons (Fsp3) is 0.409. The zero-order valence-electron chi connectivity index (χ0n) is 16.2. The van der Waals surface area contributed by atoms with Gasteiger partial charge in [-0.2, -0.15) is 0 Å². The summed E-state index contributed by atoms with van der Waals surface area (Å²) in [6.07, 6.45) is 2.57. The van der Waals surface area contributed by atoms with E-state index in [1.54, 1.807) is 18.1 Å². The average Bonchev–Trinajstić information content (AvgIpc) is 3.13. The summed E-state index contributed by atoms with van der Waals surface area (Å²) in [7, 11) is 1.68. The lowest BCUT2D eigenvalue weighted by Gasteiger charge is -2.33. The maximum atomic E-state index is 13.4. The lowest BCUT2D eigenvalue weighted by molar-refractivity contribution is 0.188. The summed E-state index contributed by atoms with van der Waals surface area (Å²) in [6.45, 7) is 3.40. The van der Waals surface area contributed by atoms with Crippen LogP contribution in [0.15, 0.2) is 42.5 Å². The van der Waals surface area contributed by atoms with E-state index >= 15 is 0 Å². The first kappa shape index (κ1) is 18.7. The third-order valence-corrected chi connectivity index (χ3v) is 5.64. The molecule has 0 unspecified atom stereocenters. The van der Waals surface area contributed by atoms with E-state index in [4.69, 9.17) is 4.74 Å². The molecule has 2 aromatic rings. The van der Waals surface area contributed by atoms with E-state index in [0.29, 0.717) is 13.0 Å². The Labute approximate surface area is 165 Å². The molecule has 2 aromatic carbocycles. The first-order chi connectivity index (χ1) is 13.6. The molecule has 6 heteroatoms. The smallest absolute Gasteiger partial charge is 0.322 e. The fourth-order valence-electron chi connectivity index (χ4n) is 4.10. The van der Waals surface area contributed by atoms with E-state index in [1.807, 2.05) is 12.1 Å². The molecule has 5 nitrogen and oxygen atoms in total. The SMILES string of the molecule is COc1cccc(CN2CCC(NC(=O)N3CCc4cc(F)ccc43)CC2)c1. The van der Waals surface area contributed by atoms with Crippen molar-refractivity contribution in [3.63, 3.8) is 0 Å². The Morgan fingerprint density at radius 1 is 1.18 bits per heavy atom. The van der Waals surface area contributed by atoms with Crippen molar-refractivity contribution in [3.8, 4) is 5.75 Å². The Bertz CT molecular complexity index is 849. The molecule has 2 aliphatic heterocycles. The van der Waals surface area contributed by atoms with Gasteiger partial charge in [-0.25, -0.2) is 9.18 Å². The molecule has 0 atom stereocenters. The Morgan fingerprint density at radius 2 is 2.00 bits per heavy atom. The van der Waals surface area contributed by atoms with Crippen LogP contribution in [0.3, 0.4) is 0 Å². The number of rotatable bonds is 4. The highest BCUT2D eigenvalue weighted by Gasteiger charge is 2.28. The molecule has 1 saturated heterocycles. The van der Waals surface area contributed by atoms with Gasteiger partial charge < -0.3 is 10.1 Å². The minimum Gasteiger partial charge on any atom is -0.497 e. The minimum absolute atomic E-state index is 0.0726. The Hall–Kier alpha value is -2.60. The van der Waals surface area contributed by atoms with Crippen LogP contribution in [0.4, 0.5) is 14.9 Å². The molecule has 0 bridgehead atoms. The molecule has 0 aliphatic carbocycles.